The van der Waals surface area contributed by atoms with Crippen molar-refractivity contribution in [3.8, 4) is 23.4 Å². The van der Waals surface area contributed by atoms with E-state index in [-0.39, 0.29) is 22.2 Å². The van der Waals surface area contributed by atoms with E-state index in [0.29, 0.717) is 16.4 Å². The first-order chi connectivity index (χ1) is 14.2. The largest absolute Gasteiger partial charge is 0.506 e. The van der Waals surface area contributed by atoms with Crippen molar-refractivity contribution in [3.05, 3.63) is 60.4 Å². The summed E-state index contributed by atoms with van der Waals surface area (Å²) in [5.41, 5.74) is -2.54. The number of hydrogen-bond acceptors (Lipinski definition) is 7. The smallest absolute Gasteiger partial charge is 0.337 e. The molecular weight excluding hydrogens is 390 g/mol. The Labute approximate surface area is 171 Å². The summed E-state index contributed by atoms with van der Waals surface area (Å²) in [5.74, 6) is -1.79. The third-order valence-electron chi connectivity index (χ3n) is 4.31. The van der Waals surface area contributed by atoms with Gasteiger partial charge in [0, 0.05) is 10.8 Å². The molecule has 9 nitrogen and oxygen atoms in total. The van der Waals surface area contributed by atoms with Crippen molar-refractivity contribution < 1.29 is 29.6 Å². The molecule has 3 rings (SSSR count). The molecule has 0 saturated carbocycles. The van der Waals surface area contributed by atoms with E-state index in [0.717, 1.165) is 13.1 Å². The predicted molar refractivity (Wildman–Crippen MR) is 105 cm³/mol. The molecule has 3 N–H and O–H groups in total. The fraction of sp³-hybridized carbons (Fsp3) is 0.143. The number of rotatable bonds is 6. The number of ether oxygens (including phenoxy) is 1. The van der Waals surface area contributed by atoms with Gasteiger partial charge in [-0.1, -0.05) is 18.2 Å². The highest BCUT2D eigenvalue weighted by molar-refractivity contribution is 6.07. The molecule has 0 aliphatic rings. The molecule has 1 aromatic heterocycles. The van der Waals surface area contributed by atoms with Gasteiger partial charge in [0.25, 0.3) is 5.91 Å². The van der Waals surface area contributed by atoms with Gasteiger partial charge in [0.15, 0.2) is 11.8 Å². The highest BCUT2D eigenvalue weighted by Gasteiger charge is 2.35. The van der Waals surface area contributed by atoms with Gasteiger partial charge in [0.2, 0.25) is 0 Å². The van der Waals surface area contributed by atoms with Crippen LogP contribution in [-0.4, -0.2) is 49.2 Å². The third kappa shape index (κ3) is 4.14. The van der Waals surface area contributed by atoms with Crippen LogP contribution in [0.5, 0.6) is 17.2 Å². The molecule has 152 valence electrons. The molecule has 0 bridgehead atoms. The Balaban J connectivity index is 2.03. The molecule has 0 radical (unpaired) electrons. The number of aromatic hydroxyl groups is 1. The molecule has 0 aliphatic heterocycles. The van der Waals surface area contributed by atoms with Crippen LogP contribution in [0.15, 0.2) is 54.7 Å². The molecule has 2 aromatic carbocycles. The lowest BCUT2D eigenvalue weighted by molar-refractivity contribution is -0.157. The molecule has 0 fully saturated rings. The quantitative estimate of drug-likeness (QED) is 0.418. The van der Waals surface area contributed by atoms with Gasteiger partial charge in [-0.2, -0.15) is 5.26 Å². The summed E-state index contributed by atoms with van der Waals surface area (Å²) < 4.78 is 5.74. The monoisotopic (exact) mass is 407 g/mol. The number of fused-ring (bicyclic) bond motifs is 1. The number of aliphatic hydroxyl groups is 1. The Morgan fingerprint density at radius 1 is 1.17 bits per heavy atom. The van der Waals surface area contributed by atoms with E-state index in [1.807, 2.05) is 6.07 Å². The molecule has 30 heavy (non-hydrogen) atoms. The summed E-state index contributed by atoms with van der Waals surface area (Å²) in [6.45, 7) is 0.197. The van der Waals surface area contributed by atoms with E-state index >= 15 is 0 Å². The van der Waals surface area contributed by atoms with E-state index in [1.54, 1.807) is 36.5 Å². The van der Waals surface area contributed by atoms with Crippen molar-refractivity contribution >= 4 is 22.6 Å². The number of aromatic nitrogens is 1. The number of carboxylic acid groups (broad SMARTS) is 1. The van der Waals surface area contributed by atoms with Crippen LogP contribution in [0.2, 0.25) is 0 Å². The van der Waals surface area contributed by atoms with E-state index in [1.165, 1.54) is 12.1 Å². The number of aliphatic carboxylic acids is 1. The molecule has 1 heterocycles. The molecule has 1 atom stereocenters. The average Bonchev–Trinajstić information content (AvgIpc) is 2.72. The Bertz CT molecular complexity index is 1150. The summed E-state index contributed by atoms with van der Waals surface area (Å²) >= 11 is 0. The number of carboxylic acids is 1. The summed E-state index contributed by atoms with van der Waals surface area (Å²) in [6.07, 6.45) is 2.63. The SMILES string of the molecule is CC(O)(CN(C#N)C(=O)c1ncc(O)c2ccc(Oc3ccccc3)cc12)C(=O)O. The van der Waals surface area contributed by atoms with Crippen LogP contribution in [0.1, 0.15) is 17.4 Å². The minimum atomic E-state index is -2.33. The zero-order valence-corrected chi connectivity index (χ0v) is 15.8. The maximum Gasteiger partial charge on any atom is 0.337 e. The van der Waals surface area contributed by atoms with Crippen LogP contribution >= 0.6 is 0 Å². The van der Waals surface area contributed by atoms with Crippen LogP contribution in [0.4, 0.5) is 0 Å². The molecule has 0 saturated heterocycles. The summed E-state index contributed by atoms with van der Waals surface area (Å²) in [6, 6.07) is 13.5. The lowest BCUT2D eigenvalue weighted by Crippen LogP contribution is -2.47. The molecule has 1 unspecified atom stereocenters. The van der Waals surface area contributed by atoms with Gasteiger partial charge in [0.05, 0.1) is 12.7 Å². The Morgan fingerprint density at radius 3 is 2.50 bits per heavy atom. The number of pyridine rings is 1. The second kappa shape index (κ2) is 8.06. The minimum Gasteiger partial charge on any atom is -0.506 e. The topological polar surface area (TPSA) is 144 Å². The van der Waals surface area contributed by atoms with Gasteiger partial charge in [-0.15, -0.1) is 0 Å². The standard InChI is InChI=1S/C21H17N3O6/c1-21(29,20(27)28)11-24(12-22)19(26)18-16-9-14(30-13-5-3-2-4-6-13)7-8-15(16)17(25)10-23-18/h2-10,25,29H,11H2,1H3,(H,27,28). The number of nitriles is 1. The van der Waals surface area contributed by atoms with E-state index < -0.39 is 24.0 Å². The number of para-hydroxylation sites is 1. The molecule has 0 aliphatic carbocycles. The lowest BCUT2D eigenvalue weighted by Gasteiger charge is -2.23. The fourth-order valence-corrected chi connectivity index (χ4v) is 2.72. The lowest BCUT2D eigenvalue weighted by atomic mass is 10.1. The highest BCUT2D eigenvalue weighted by atomic mass is 16.5. The molecular formula is C21H17N3O6. The summed E-state index contributed by atoms with van der Waals surface area (Å²) in [4.78, 5) is 28.4. The van der Waals surface area contributed by atoms with Crippen LogP contribution in [0, 0.1) is 11.5 Å². The van der Waals surface area contributed by atoms with Crippen molar-refractivity contribution in [2.24, 2.45) is 0 Å². The highest BCUT2D eigenvalue weighted by Crippen LogP contribution is 2.32. The van der Waals surface area contributed by atoms with Crippen molar-refractivity contribution in [1.82, 2.24) is 9.88 Å². The predicted octanol–water partition coefficient (Wildman–Crippen LogP) is 2.49. The van der Waals surface area contributed by atoms with E-state index in [4.69, 9.17) is 9.84 Å². The van der Waals surface area contributed by atoms with Gasteiger partial charge < -0.3 is 20.1 Å². The number of nitrogens with zero attached hydrogens (tertiary/aromatic N) is 3. The average molecular weight is 407 g/mol. The molecule has 1 amide bonds. The number of hydrogen-bond donors (Lipinski definition) is 3. The first-order valence-electron chi connectivity index (χ1n) is 8.75. The van der Waals surface area contributed by atoms with E-state index in [9.17, 15) is 25.1 Å². The normalized spacial score (nSPS) is 12.6. The van der Waals surface area contributed by atoms with Gasteiger partial charge in [-0.05, 0) is 37.3 Å². The second-order valence-electron chi connectivity index (χ2n) is 6.68. The van der Waals surface area contributed by atoms with Gasteiger partial charge in [0.1, 0.15) is 22.9 Å². The maximum atomic E-state index is 12.9. The second-order valence-corrected chi connectivity index (χ2v) is 6.68. The van der Waals surface area contributed by atoms with Gasteiger partial charge >= 0.3 is 5.97 Å². The molecule has 9 heteroatoms. The van der Waals surface area contributed by atoms with Crippen molar-refractivity contribution in [1.29, 1.82) is 5.26 Å². The number of amides is 1. The first kappa shape index (κ1) is 20.6. The van der Waals surface area contributed by atoms with Crippen LogP contribution in [0.3, 0.4) is 0 Å². The zero-order valence-electron chi connectivity index (χ0n) is 15.8. The number of carbonyl (C=O) groups is 2. The Morgan fingerprint density at radius 2 is 1.87 bits per heavy atom. The van der Waals surface area contributed by atoms with Gasteiger partial charge in [-0.25, -0.2) is 14.7 Å². The Hall–Kier alpha value is -4.16. The van der Waals surface area contributed by atoms with Crippen molar-refractivity contribution in [2.45, 2.75) is 12.5 Å². The van der Waals surface area contributed by atoms with Gasteiger partial charge in [-0.3, -0.25) is 4.79 Å². The maximum absolute atomic E-state index is 12.9. The molecule has 0 spiro atoms. The van der Waals surface area contributed by atoms with Crippen LogP contribution in [-0.2, 0) is 4.79 Å². The van der Waals surface area contributed by atoms with Crippen molar-refractivity contribution in [2.75, 3.05) is 6.54 Å². The van der Waals surface area contributed by atoms with E-state index in [2.05, 4.69) is 4.98 Å². The summed E-state index contributed by atoms with van der Waals surface area (Å²) in [7, 11) is 0. The third-order valence-corrected chi connectivity index (χ3v) is 4.31. The number of benzene rings is 2. The van der Waals surface area contributed by atoms with Crippen molar-refractivity contribution in [3.63, 3.8) is 0 Å². The summed E-state index contributed by atoms with van der Waals surface area (Å²) in [5, 5.41) is 38.9. The van der Waals surface area contributed by atoms with Crippen LogP contribution < -0.4 is 4.74 Å². The molecule has 3 aromatic rings. The van der Waals surface area contributed by atoms with Crippen LogP contribution in [0.25, 0.3) is 10.8 Å². The Kier molecular flexibility index (Phi) is 5.53. The number of carbonyl (C=O) groups excluding carboxylic acids is 1. The zero-order chi connectivity index (χ0) is 21.9. The fourth-order valence-electron chi connectivity index (χ4n) is 2.72. The first-order valence-corrected chi connectivity index (χ1v) is 8.75. The minimum absolute atomic E-state index is 0.186.